The van der Waals surface area contributed by atoms with E-state index in [0.29, 0.717) is 0 Å². The number of rotatable bonds is 6. The van der Waals surface area contributed by atoms with Crippen molar-refractivity contribution in [2.45, 2.75) is 0 Å². The average molecular weight is 938 g/mol. The summed E-state index contributed by atoms with van der Waals surface area (Å²) in [4.78, 5) is 0. The van der Waals surface area contributed by atoms with Gasteiger partial charge in [-0.1, -0.05) is 0 Å². The van der Waals surface area contributed by atoms with E-state index in [4.69, 9.17) is 0 Å². The van der Waals surface area contributed by atoms with E-state index in [-0.39, 0.29) is 80.8 Å². The Bertz CT molecular complexity index is 854. The van der Waals surface area contributed by atoms with Gasteiger partial charge in [-0.15, -0.1) is 0 Å². The second-order valence-electron chi connectivity index (χ2n) is 2.65. The summed E-state index contributed by atoms with van der Waals surface area (Å²) in [5.41, 5.74) is 0. The molecule has 0 aliphatic heterocycles. The van der Waals surface area contributed by atoms with Crippen molar-refractivity contribution in [2.24, 2.45) is 0 Å². The van der Waals surface area contributed by atoms with E-state index < -0.39 is 81.7 Å². The molecule has 0 amide bonds. The largest absolute Gasteiger partial charge is 3.00 e. The van der Waals surface area contributed by atoms with Crippen LogP contribution in [-0.4, -0.2) is 0 Å². The van der Waals surface area contributed by atoms with Gasteiger partial charge in [0.15, 0.2) is 0 Å². The molecule has 0 rings (SSSR count). The molecule has 0 unspecified atom stereocenters. The minimum absolute atomic E-state index is 0. The first-order valence-corrected chi connectivity index (χ1v) is 16.5. The molecular weight excluding hydrogens is 938 g/mol. The van der Waals surface area contributed by atoms with Gasteiger partial charge in [0.1, 0.15) is 0 Å². The Hall–Kier alpha value is 3.11. The molecule has 0 N–H and O–H groups in total. The first kappa shape index (κ1) is 42.3. The Kier molecular flexibility index (Phi) is 23.2. The van der Waals surface area contributed by atoms with E-state index in [2.05, 4.69) is 8.52 Å². The van der Waals surface area contributed by atoms with Crippen molar-refractivity contribution in [1.82, 2.24) is 0 Å². The Balaban J connectivity index is -0.0000000960. The maximum atomic E-state index is 9.38. The summed E-state index contributed by atoms with van der Waals surface area (Å²) in [5.74, 6) is 0. The zero-order valence-electron chi connectivity index (χ0n) is 11.9. The minimum Gasteiger partial charge on any atom is 3.00 e. The van der Waals surface area contributed by atoms with Gasteiger partial charge in [-0.3, -0.25) is 0 Å². The third-order valence-electron chi connectivity index (χ3n) is 0.500. The van der Waals surface area contributed by atoms with Crippen LogP contribution in [0.5, 0.6) is 0 Å². The van der Waals surface area contributed by atoms with Crippen LogP contribution in [0.4, 0.5) is 0 Å². The van der Waals surface area contributed by atoms with Crippen LogP contribution in [0.3, 0.4) is 0 Å². The zero-order chi connectivity index (χ0) is 23.1. The van der Waals surface area contributed by atoms with Crippen molar-refractivity contribution in [3.05, 3.63) is 0 Å². The van der Waals surface area contributed by atoms with Crippen molar-refractivity contribution in [3.63, 3.8) is 0 Å². The van der Waals surface area contributed by atoms with E-state index >= 15 is 0 Å². The predicted molar refractivity (Wildman–Crippen MR) is 11.5 cm³/mol. The summed E-state index contributed by atoms with van der Waals surface area (Å²) in [7, 11) is 0. The van der Waals surface area contributed by atoms with E-state index in [0.717, 1.165) is 0 Å². The molecule has 172 valence electrons. The van der Waals surface area contributed by atoms with Crippen LogP contribution in [-0.2, 0) is 136 Å². The average Bonchev–Trinajstić information content (AvgIpc) is 1.96. The van der Waals surface area contributed by atoms with Crippen LogP contribution in [0.25, 0.3) is 0 Å². The molecule has 0 aliphatic rings. The van der Waals surface area contributed by atoms with Gasteiger partial charge in [-0.2, -0.15) is 0 Å². The molecule has 21 nitrogen and oxygen atoms in total. The standard InChI is InChI=1S/6Cr.21O.2Pm/q;;;;;;;;;;;;;;;;;;;;;6*-1;2*+3. The van der Waals surface area contributed by atoms with Gasteiger partial charge in [0.2, 0.25) is 0 Å². The Labute approximate surface area is 237 Å². The van der Waals surface area contributed by atoms with Crippen LogP contribution in [0, 0.1) is 80.8 Å². The first-order chi connectivity index (χ1) is 11.1. The quantitative estimate of drug-likeness (QED) is 0.239. The zero-order valence-corrected chi connectivity index (χ0v) is 25.3. The van der Waals surface area contributed by atoms with Crippen molar-refractivity contribution in [2.75, 3.05) is 0 Å². The fourth-order valence-electron chi connectivity index (χ4n) is 0.306. The predicted octanol–water partition coefficient (Wildman–Crippen LogP) is -8.78. The van der Waals surface area contributed by atoms with Crippen LogP contribution >= 0.6 is 0 Å². The summed E-state index contributed by atoms with van der Waals surface area (Å²) < 4.78 is 177. The first-order valence-electron chi connectivity index (χ1n) is 4.00. The molecule has 29 heavy (non-hydrogen) atoms. The Morgan fingerprint density at radius 2 is 0.379 bits per heavy atom. The van der Waals surface area contributed by atoms with Gasteiger partial charge < -0.3 is 0 Å². The fourth-order valence-corrected chi connectivity index (χ4v) is 5.21. The van der Waals surface area contributed by atoms with Gasteiger partial charge >= 0.3 is 242 Å². The third kappa shape index (κ3) is 59.2. The Morgan fingerprint density at radius 3 is 0.379 bits per heavy atom. The summed E-state index contributed by atoms with van der Waals surface area (Å²) in [6.07, 6.45) is 0. The summed E-state index contributed by atoms with van der Waals surface area (Å²) in [5, 5.41) is 0. The molecule has 0 heterocycles. The molecule has 0 saturated carbocycles. The molecule has 0 saturated heterocycles. The van der Waals surface area contributed by atoms with Gasteiger partial charge in [-0.05, 0) is 0 Å². The molecule has 0 radical (unpaired) electrons. The van der Waals surface area contributed by atoms with Crippen molar-refractivity contribution in [1.29, 1.82) is 0 Å². The smallest absolute Gasteiger partial charge is 3.00 e. The molecule has 29 heteroatoms. The molecule has 0 aromatic rings. The van der Waals surface area contributed by atoms with Crippen molar-refractivity contribution >= 4 is 0 Å². The normalized spacial score (nSPS) is 12.6. The molecule has 0 aliphatic carbocycles. The fraction of sp³-hybridized carbons (Fsp3) is 0. The summed E-state index contributed by atoms with van der Waals surface area (Å²) in [6.45, 7) is 0. The summed E-state index contributed by atoms with van der Waals surface area (Å²) in [6, 6.07) is 0. The third-order valence-corrected chi connectivity index (χ3v) is 8.50. The molecule has 0 atom stereocenters. The second-order valence-corrected chi connectivity index (χ2v) is 13.6. The second kappa shape index (κ2) is 15.9. The molecule has 0 aromatic heterocycles. The molecule has 0 spiro atoms. The monoisotopic (exact) mass is 937 g/mol. The molecule has 0 fully saturated rings. The maximum absolute atomic E-state index is 9.38. The van der Waals surface area contributed by atoms with Crippen molar-refractivity contribution < 1.29 is 242 Å². The van der Waals surface area contributed by atoms with Gasteiger partial charge in [0, 0.05) is 0 Å². The topological polar surface area (TPSA) is 371 Å². The maximum Gasteiger partial charge on any atom is 3.00 e. The van der Waals surface area contributed by atoms with Crippen LogP contribution in [0.2, 0.25) is 0 Å². The van der Waals surface area contributed by atoms with Crippen LogP contribution in [0.15, 0.2) is 0 Å². The van der Waals surface area contributed by atoms with Gasteiger partial charge in [-0.25, -0.2) is 0 Å². The molecule has 0 aromatic carbocycles. The van der Waals surface area contributed by atoms with Gasteiger partial charge in [0.05, 0.1) is 0 Å². The molecule has 0 bridgehead atoms. The van der Waals surface area contributed by atoms with Crippen molar-refractivity contribution in [3.8, 4) is 0 Å². The minimum atomic E-state index is -6.07. The van der Waals surface area contributed by atoms with Gasteiger partial charge in [0.25, 0.3) is 0 Å². The Morgan fingerprint density at radius 1 is 0.310 bits per heavy atom. The van der Waals surface area contributed by atoms with E-state index in [1.54, 1.807) is 0 Å². The number of hydrogen-bond donors (Lipinski definition) is 0. The molecular formula is Cr6O21Pm2. The van der Waals surface area contributed by atoms with E-state index in [1.165, 1.54) is 0 Å². The van der Waals surface area contributed by atoms with Crippen LogP contribution in [0.1, 0.15) is 0 Å². The number of hydrogen-bond acceptors (Lipinski definition) is 21. The van der Waals surface area contributed by atoms with Crippen LogP contribution < -0.4 is 24.9 Å². The van der Waals surface area contributed by atoms with E-state index in [9.17, 15) is 70.6 Å². The van der Waals surface area contributed by atoms with E-state index in [1.807, 2.05) is 0 Å². The summed E-state index contributed by atoms with van der Waals surface area (Å²) >= 11 is -36.4. The SMILES string of the molecule is [O]=[Cr](=[O])([O-])[O][Cr](=[O])(=[O])[O-].[O]=[Cr](=[O])([O-])[O][Cr](=[O])(=[O])[O-].[O]=[Cr](=[O])([O-])[O][Cr](=[O])(=[O])[O-].[Pm+3].[Pm+3].